The molecule has 1 aromatic heterocycles. The summed E-state index contributed by atoms with van der Waals surface area (Å²) >= 11 is 6.12. The molecule has 2 heterocycles. The molecular weight excluding hydrogens is 272 g/mol. The quantitative estimate of drug-likeness (QED) is 0.923. The molecule has 1 aliphatic rings. The van der Waals surface area contributed by atoms with E-state index in [1.54, 1.807) is 6.07 Å². The summed E-state index contributed by atoms with van der Waals surface area (Å²) in [5.41, 5.74) is 2.64. The Morgan fingerprint density at radius 1 is 1.45 bits per heavy atom. The smallest absolute Gasteiger partial charge is 0.101 e. The summed E-state index contributed by atoms with van der Waals surface area (Å²) in [6.07, 6.45) is 6.08. The number of aromatic nitrogens is 2. The number of benzene rings is 1. The average molecular weight is 287 g/mol. The Bertz CT molecular complexity index is 650. The molecule has 3 rings (SSSR count). The third-order valence-electron chi connectivity index (χ3n) is 3.73. The molecule has 4 nitrogen and oxygen atoms in total. The van der Waals surface area contributed by atoms with Crippen molar-refractivity contribution in [2.24, 2.45) is 0 Å². The number of nitrogens with one attached hydrogen (secondary N) is 1. The first kappa shape index (κ1) is 13.2. The molecule has 1 N–H and O–H groups in total. The van der Waals surface area contributed by atoms with E-state index in [1.807, 2.05) is 24.7 Å². The zero-order chi connectivity index (χ0) is 13.9. The number of hydrogen-bond acceptors (Lipinski definition) is 3. The fourth-order valence-corrected chi connectivity index (χ4v) is 2.89. The third kappa shape index (κ3) is 2.43. The highest BCUT2D eigenvalue weighted by Crippen LogP contribution is 2.27. The predicted molar refractivity (Wildman–Crippen MR) is 78.1 cm³/mol. The summed E-state index contributed by atoms with van der Waals surface area (Å²) in [7, 11) is 0. The summed E-state index contributed by atoms with van der Waals surface area (Å²) in [6.45, 7) is 2.07. The Balaban J connectivity index is 1.97. The molecule has 102 valence electrons. The van der Waals surface area contributed by atoms with E-state index in [0.717, 1.165) is 18.8 Å². The van der Waals surface area contributed by atoms with Crippen LogP contribution in [0.15, 0.2) is 30.7 Å². The first-order valence-corrected chi connectivity index (χ1v) is 7.10. The van der Waals surface area contributed by atoms with Crippen LogP contribution in [0.4, 0.5) is 0 Å². The monoisotopic (exact) mass is 286 g/mol. The van der Waals surface area contributed by atoms with Gasteiger partial charge in [-0.05, 0) is 37.6 Å². The van der Waals surface area contributed by atoms with E-state index < -0.39 is 0 Å². The van der Waals surface area contributed by atoms with Crippen LogP contribution in [-0.4, -0.2) is 22.6 Å². The number of nitriles is 1. The summed E-state index contributed by atoms with van der Waals surface area (Å²) < 4.78 is 2.06. The van der Waals surface area contributed by atoms with Gasteiger partial charge in [0.15, 0.2) is 0 Å². The maximum atomic E-state index is 8.94. The van der Waals surface area contributed by atoms with E-state index in [2.05, 4.69) is 20.9 Å². The Morgan fingerprint density at radius 3 is 3.05 bits per heavy atom. The first-order valence-electron chi connectivity index (χ1n) is 6.72. The lowest BCUT2D eigenvalue weighted by atomic mass is 9.96. The van der Waals surface area contributed by atoms with E-state index >= 15 is 0 Å². The molecule has 0 aliphatic carbocycles. The summed E-state index contributed by atoms with van der Waals surface area (Å²) in [5, 5.41) is 12.8. The van der Waals surface area contributed by atoms with Crippen molar-refractivity contribution in [1.82, 2.24) is 14.9 Å². The summed E-state index contributed by atoms with van der Waals surface area (Å²) in [4.78, 5) is 4.27. The van der Waals surface area contributed by atoms with Gasteiger partial charge in [-0.25, -0.2) is 4.98 Å². The number of piperidine rings is 1. The minimum absolute atomic E-state index is 0.473. The van der Waals surface area contributed by atoms with Gasteiger partial charge in [-0.1, -0.05) is 11.6 Å². The number of imidazole rings is 1. The minimum atomic E-state index is 0.473. The van der Waals surface area contributed by atoms with E-state index in [4.69, 9.17) is 16.9 Å². The highest BCUT2D eigenvalue weighted by molar-refractivity contribution is 6.31. The van der Waals surface area contributed by atoms with Crippen LogP contribution in [-0.2, 0) is 0 Å². The normalized spacial score (nSPS) is 18.7. The summed E-state index contributed by atoms with van der Waals surface area (Å²) in [6, 6.07) is 7.56. The molecule has 20 heavy (non-hydrogen) atoms. The standard InChI is InChI=1S/C15H15ClN4/c16-14-6-13(4-3-11(14)7-17)20-10-19-9-15(20)12-2-1-5-18-8-12/h3-4,6,9-10,12,18H,1-2,5,8H2. The van der Waals surface area contributed by atoms with Crippen molar-refractivity contribution in [2.75, 3.05) is 13.1 Å². The van der Waals surface area contributed by atoms with Crippen LogP contribution in [0, 0.1) is 11.3 Å². The molecule has 1 aromatic carbocycles. The number of nitrogens with zero attached hydrogens (tertiary/aromatic N) is 3. The Kier molecular flexibility index (Phi) is 3.72. The zero-order valence-corrected chi connectivity index (χ0v) is 11.8. The molecule has 1 unspecified atom stereocenters. The van der Waals surface area contributed by atoms with Crippen LogP contribution in [0.25, 0.3) is 5.69 Å². The molecule has 2 aromatic rings. The number of rotatable bonds is 2. The van der Waals surface area contributed by atoms with Crippen molar-refractivity contribution >= 4 is 11.6 Å². The van der Waals surface area contributed by atoms with Crippen molar-refractivity contribution in [2.45, 2.75) is 18.8 Å². The zero-order valence-electron chi connectivity index (χ0n) is 11.0. The number of hydrogen-bond donors (Lipinski definition) is 1. The lowest BCUT2D eigenvalue weighted by molar-refractivity contribution is 0.451. The SMILES string of the molecule is N#Cc1ccc(-n2cncc2C2CCCNC2)cc1Cl. The maximum absolute atomic E-state index is 8.94. The molecule has 1 aliphatic heterocycles. The molecule has 1 atom stereocenters. The fraction of sp³-hybridized carbons (Fsp3) is 0.333. The molecule has 1 fully saturated rings. The first-order chi connectivity index (χ1) is 9.79. The molecule has 0 saturated carbocycles. The molecule has 1 saturated heterocycles. The van der Waals surface area contributed by atoms with Gasteiger partial charge in [0.25, 0.3) is 0 Å². The van der Waals surface area contributed by atoms with E-state index in [-0.39, 0.29) is 0 Å². The highest BCUT2D eigenvalue weighted by atomic mass is 35.5. The predicted octanol–water partition coefficient (Wildman–Crippen LogP) is 2.86. The van der Waals surface area contributed by atoms with E-state index in [9.17, 15) is 0 Å². The Labute approximate surface area is 123 Å². The maximum Gasteiger partial charge on any atom is 0.101 e. The van der Waals surface area contributed by atoms with Crippen LogP contribution in [0.5, 0.6) is 0 Å². The van der Waals surface area contributed by atoms with Gasteiger partial charge < -0.3 is 9.88 Å². The van der Waals surface area contributed by atoms with E-state index in [1.165, 1.54) is 18.5 Å². The van der Waals surface area contributed by atoms with Crippen LogP contribution >= 0.6 is 11.6 Å². The molecule has 0 radical (unpaired) electrons. The van der Waals surface area contributed by atoms with Crippen molar-refractivity contribution < 1.29 is 0 Å². The molecule has 5 heteroatoms. The lowest BCUT2D eigenvalue weighted by Crippen LogP contribution is -2.29. The van der Waals surface area contributed by atoms with Crippen molar-refractivity contribution in [3.05, 3.63) is 47.0 Å². The van der Waals surface area contributed by atoms with Gasteiger partial charge >= 0.3 is 0 Å². The van der Waals surface area contributed by atoms with Gasteiger partial charge in [0.1, 0.15) is 6.07 Å². The van der Waals surface area contributed by atoms with Gasteiger partial charge in [0, 0.05) is 30.0 Å². The molecule has 0 bridgehead atoms. The second-order valence-corrected chi connectivity index (χ2v) is 5.41. The van der Waals surface area contributed by atoms with Crippen LogP contribution in [0.3, 0.4) is 0 Å². The van der Waals surface area contributed by atoms with Gasteiger partial charge in [-0.2, -0.15) is 5.26 Å². The molecular formula is C15H15ClN4. The van der Waals surface area contributed by atoms with Crippen molar-refractivity contribution in [3.8, 4) is 11.8 Å². The average Bonchev–Trinajstić information content (AvgIpc) is 2.97. The minimum Gasteiger partial charge on any atom is -0.316 e. The fourth-order valence-electron chi connectivity index (χ4n) is 2.67. The molecule has 0 spiro atoms. The van der Waals surface area contributed by atoms with Crippen molar-refractivity contribution in [1.29, 1.82) is 5.26 Å². The van der Waals surface area contributed by atoms with Gasteiger partial charge in [0.2, 0.25) is 0 Å². The third-order valence-corrected chi connectivity index (χ3v) is 4.05. The van der Waals surface area contributed by atoms with Gasteiger partial charge in [0.05, 0.1) is 16.9 Å². The summed E-state index contributed by atoms with van der Waals surface area (Å²) in [5.74, 6) is 0.473. The lowest BCUT2D eigenvalue weighted by Gasteiger charge is -2.23. The second kappa shape index (κ2) is 5.66. The van der Waals surface area contributed by atoms with Crippen LogP contribution < -0.4 is 5.32 Å². The molecule has 0 amide bonds. The topological polar surface area (TPSA) is 53.6 Å². The Hall–Kier alpha value is -1.83. The van der Waals surface area contributed by atoms with E-state index in [0.29, 0.717) is 16.5 Å². The number of halogens is 1. The highest BCUT2D eigenvalue weighted by Gasteiger charge is 2.19. The van der Waals surface area contributed by atoms with Gasteiger partial charge in [-0.3, -0.25) is 0 Å². The Morgan fingerprint density at radius 2 is 2.35 bits per heavy atom. The second-order valence-electron chi connectivity index (χ2n) is 5.01. The largest absolute Gasteiger partial charge is 0.316 e. The van der Waals surface area contributed by atoms with Crippen LogP contribution in [0.1, 0.15) is 30.0 Å². The van der Waals surface area contributed by atoms with Gasteiger partial charge in [-0.15, -0.1) is 0 Å². The van der Waals surface area contributed by atoms with Crippen LogP contribution in [0.2, 0.25) is 5.02 Å². The van der Waals surface area contributed by atoms with Crippen molar-refractivity contribution in [3.63, 3.8) is 0 Å².